The Morgan fingerprint density at radius 1 is 1.17 bits per heavy atom. The summed E-state index contributed by atoms with van der Waals surface area (Å²) in [5, 5.41) is 9.29. The normalized spacial score (nSPS) is 10.3. The first-order valence-electron chi connectivity index (χ1n) is 5.71. The number of nitrogens with zero attached hydrogens (tertiary/aromatic N) is 1. The lowest BCUT2D eigenvalue weighted by Crippen LogP contribution is -1.97. The molecule has 1 N–H and O–H groups in total. The topological polar surface area (TPSA) is 42.4 Å². The van der Waals surface area contributed by atoms with Crippen molar-refractivity contribution in [2.75, 3.05) is 6.61 Å². The second-order valence-corrected chi connectivity index (χ2v) is 4.22. The van der Waals surface area contributed by atoms with Gasteiger partial charge in [-0.3, -0.25) is 0 Å². The molecule has 0 aliphatic carbocycles. The minimum atomic E-state index is 0.158. The Morgan fingerprint density at radius 2 is 1.94 bits per heavy atom. The highest BCUT2D eigenvalue weighted by Crippen LogP contribution is 2.17. The Hall–Kier alpha value is -1.58. The first kappa shape index (κ1) is 12.9. The molecule has 0 fully saturated rings. The number of aliphatic hydroxyl groups excluding tert-OH is 1. The van der Waals surface area contributed by atoms with Crippen molar-refractivity contribution in [2.45, 2.75) is 13.0 Å². The quantitative estimate of drug-likeness (QED) is 0.844. The van der Waals surface area contributed by atoms with Crippen LogP contribution < -0.4 is 4.74 Å². The van der Waals surface area contributed by atoms with E-state index in [0.717, 1.165) is 16.9 Å². The van der Waals surface area contributed by atoms with Crippen LogP contribution in [0.25, 0.3) is 0 Å². The third kappa shape index (κ3) is 3.45. The molecule has 2 aromatic rings. The lowest BCUT2D eigenvalue weighted by molar-refractivity contribution is 0.298. The van der Waals surface area contributed by atoms with Crippen LogP contribution in [0, 0.1) is 0 Å². The zero-order chi connectivity index (χ0) is 12.8. The fraction of sp³-hybridized carbons (Fsp3) is 0.214. The number of aromatic nitrogens is 1. The molecule has 0 unspecified atom stereocenters. The zero-order valence-electron chi connectivity index (χ0n) is 9.84. The average molecular weight is 264 g/mol. The van der Waals surface area contributed by atoms with Crippen LogP contribution in [0.15, 0.2) is 42.6 Å². The predicted octanol–water partition coefficient (Wildman–Crippen LogP) is 2.85. The molecule has 18 heavy (non-hydrogen) atoms. The molecular formula is C14H14ClNO2. The smallest absolute Gasteiger partial charge is 0.135 e. The molecule has 1 aromatic carbocycles. The summed E-state index contributed by atoms with van der Waals surface area (Å²) >= 11 is 5.94. The van der Waals surface area contributed by atoms with Gasteiger partial charge in [0.05, 0.1) is 0 Å². The lowest BCUT2D eigenvalue weighted by Gasteiger charge is -2.07. The Morgan fingerprint density at radius 3 is 2.61 bits per heavy atom. The molecule has 0 spiro atoms. The summed E-state index contributed by atoms with van der Waals surface area (Å²) < 4.78 is 5.62. The molecular weight excluding hydrogens is 250 g/mol. The highest BCUT2D eigenvalue weighted by molar-refractivity contribution is 6.30. The van der Waals surface area contributed by atoms with Crippen LogP contribution in [0.1, 0.15) is 11.1 Å². The molecule has 0 amide bonds. The molecule has 0 bridgehead atoms. The number of hydrogen-bond acceptors (Lipinski definition) is 3. The Labute approximate surface area is 111 Å². The molecule has 4 heteroatoms. The molecule has 0 aliphatic rings. The van der Waals surface area contributed by atoms with E-state index in [1.165, 1.54) is 0 Å². The van der Waals surface area contributed by atoms with E-state index in [1.807, 2.05) is 36.4 Å². The maximum absolute atomic E-state index is 8.82. The number of benzene rings is 1. The standard InChI is InChI=1S/C14H14ClNO2/c15-14-12(2-1-8-16-14)10-18-13-5-3-11(4-6-13)7-9-17/h1-6,8,17H,7,9-10H2. The van der Waals surface area contributed by atoms with E-state index in [2.05, 4.69) is 4.98 Å². The van der Waals surface area contributed by atoms with Gasteiger partial charge in [-0.25, -0.2) is 4.98 Å². The molecule has 3 nitrogen and oxygen atoms in total. The lowest BCUT2D eigenvalue weighted by atomic mass is 10.1. The zero-order valence-corrected chi connectivity index (χ0v) is 10.6. The van der Waals surface area contributed by atoms with E-state index in [9.17, 15) is 0 Å². The molecule has 1 aromatic heterocycles. The minimum Gasteiger partial charge on any atom is -0.489 e. The Bertz CT molecular complexity index is 499. The van der Waals surface area contributed by atoms with Crippen molar-refractivity contribution < 1.29 is 9.84 Å². The van der Waals surface area contributed by atoms with Gasteiger partial charge < -0.3 is 9.84 Å². The maximum Gasteiger partial charge on any atom is 0.135 e. The van der Waals surface area contributed by atoms with Gasteiger partial charge in [-0.2, -0.15) is 0 Å². The molecule has 94 valence electrons. The molecule has 1 heterocycles. The average Bonchev–Trinajstić information content (AvgIpc) is 2.40. The number of ether oxygens (including phenoxy) is 1. The van der Waals surface area contributed by atoms with Gasteiger partial charge >= 0.3 is 0 Å². The highest BCUT2D eigenvalue weighted by Gasteiger charge is 2.01. The molecule has 0 atom stereocenters. The fourth-order valence-electron chi connectivity index (χ4n) is 1.57. The number of halogens is 1. The first-order chi connectivity index (χ1) is 8.79. The van der Waals surface area contributed by atoms with Gasteiger partial charge in [-0.15, -0.1) is 0 Å². The molecule has 0 saturated heterocycles. The van der Waals surface area contributed by atoms with Gasteiger partial charge in [0.25, 0.3) is 0 Å². The summed E-state index contributed by atoms with van der Waals surface area (Å²) in [6.07, 6.45) is 2.31. The summed E-state index contributed by atoms with van der Waals surface area (Å²) in [6, 6.07) is 11.4. The summed E-state index contributed by atoms with van der Waals surface area (Å²) in [5.74, 6) is 0.775. The number of pyridine rings is 1. The van der Waals surface area contributed by atoms with E-state index in [4.69, 9.17) is 21.4 Å². The fourth-order valence-corrected chi connectivity index (χ4v) is 1.74. The van der Waals surface area contributed by atoms with E-state index in [1.54, 1.807) is 6.20 Å². The third-order valence-corrected chi connectivity index (χ3v) is 2.89. The second-order valence-electron chi connectivity index (χ2n) is 3.86. The third-order valence-electron chi connectivity index (χ3n) is 2.55. The second kappa shape index (κ2) is 6.38. The van der Waals surface area contributed by atoms with Crippen LogP contribution in [-0.2, 0) is 13.0 Å². The van der Waals surface area contributed by atoms with Crippen LogP contribution in [-0.4, -0.2) is 16.7 Å². The van der Waals surface area contributed by atoms with Crippen molar-refractivity contribution in [3.63, 3.8) is 0 Å². The highest BCUT2D eigenvalue weighted by atomic mass is 35.5. The molecule has 0 aliphatic heterocycles. The Balaban J connectivity index is 1.96. The molecule has 2 rings (SSSR count). The maximum atomic E-state index is 8.82. The van der Waals surface area contributed by atoms with Crippen LogP contribution in [0.5, 0.6) is 5.75 Å². The predicted molar refractivity (Wildman–Crippen MR) is 70.8 cm³/mol. The van der Waals surface area contributed by atoms with Crippen LogP contribution in [0.3, 0.4) is 0 Å². The van der Waals surface area contributed by atoms with E-state index in [0.29, 0.717) is 18.2 Å². The van der Waals surface area contributed by atoms with Gasteiger partial charge in [0.15, 0.2) is 0 Å². The largest absolute Gasteiger partial charge is 0.489 e. The van der Waals surface area contributed by atoms with Crippen molar-refractivity contribution in [3.05, 3.63) is 58.9 Å². The Kier molecular flexibility index (Phi) is 4.56. The number of aliphatic hydroxyl groups is 1. The molecule has 0 saturated carbocycles. The van der Waals surface area contributed by atoms with Crippen LogP contribution in [0.2, 0.25) is 5.15 Å². The first-order valence-corrected chi connectivity index (χ1v) is 6.09. The van der Waals surface area contributed by atoms with E-state index >= 15 is 0 Å². The van der Waals surface area contributed by atoms with Gasteiger partial charge in [0, 0.05) is 18.4 Å². The minimum absolute atomic E-state index is 0.158. The van der Waals surface area contributed by atoms with Gasteiger partial charge in [-0.1, -0.05) is 29.8 Å². The van der Waals surface area contributed by atoms with E-state index in [-0.39, 0.29) is 6.61 Å². The monoisotopic (exact) mass is 263 g/mol. The van der Waals surface area contributed by atoms with Crippen molar-refractivity contribution >= 4 is 11.6 Å². The number of rotatable bonds is 5. The molecule has 0 radical (unpaired) electrons. The van der Waals surface area contributed by atoms with Crippen LogP contribution in [0.4, 0.5) is 0 Å². The summed E-state index contributed by atoms with van der Waals surface area (Å²) in [4.78, 5) is 3.99. The van der Waals surface area contributed by atoms with Gasteiger partial charge in [-0.05, 0) is 30.2 Å². The number of hydrogen-bond donors (Lipinski definition) is 1. The van der Waals surface area contributed by atoms with E-state index < -0.39 is 0 Å². The summed E-state index contributed by atoms with van der Waals surface area (Å²) in [5.41, 5.74) is 1.95. The van der Waals surface area contributed by atoms with Gasteiger partial charge in [0.1, 0.15) is 17.5 Å². The van der Waals surface area contributed by atoms with Crippen molar-refractivity contribution in [2.24, 2.45) is 0 Å². The van der Waals surface area contributed by atoms with Crippen molar-refractivity contribution in [1.82, 2.24) is 4.98 Å². The van der Waals surface area contributed by atoms with Gasteiger partial charge in [0.2, 0.25) is 0 Å². The van der Waals surface area contributed by atoms with Crippen LogP contribution >= 0.6 is 11.6 Å². The SMILES string of the molecule is OCCc1ccc(OCc2cccnc2Cl)cc1. The summed E-state index contributed by atoms with van der Waals surface area (Å²) in [6.45, 7) is 0.553. The van der Waals surface area contributed by atoms with Crippen molar-refractivity contribution in [3.8, 4) is 5.75 Å². The summed E-state index contributed by atoms with van der Waals surface area (Å²) in [7, 11) is 0. The van der Waals surface area contributed by atoms with Crippen molar-refractivity contribution in [1.29, 1.82) is 0 Å².